The SMILES string of the molecule is O=C(c1ccc(OCc2ccccc2)cc1OCc1ccccc1)C(F)(F)F. The van der Waals surface area contributed by atoms with Crippen molar-refractivity contribution in [1.29, 1.82) is 0 Å². The van der Waals surface area contributed by atoms with Gasteiger partial charge < -0.3 is 9.47 Å². The molecule has 28 heavy (non-hydrogen) atoms. The summed E-state index contributed by atoms with van der Waals surface area (Å²) >= 11 is 0. The van der Waals surface area contributed by atoms with Crippen molar-refractivity contribution in [2.45, 2.75) is 19.4 Å². The van der Waals surface area contributed by atoms with E-state index in [1.165, 1.54) is 12.1 Å². The third-order valence-electron chi connectivity index (χ3n) is 3.94. The standard InChI is InChI=1S/C22H17F3O3/c23-22(24,25)21(26)19-12-11-18(27-14-16-7-3-1-4-8-16)13-20(19)28-15-17-9-5-2-6-10-17/h1-13H,14-15H2. The van der Waals surface area contributed by atoms with Gasteiger partial charge in [0.05, 0.1) is 5.56 Å². The molecule has 0 aliphatic heterocycles. The van der Waals surface area contributed by atoms with Crippen LogP contribution in [0.25, 0.3) is 0 Å². The van der Waals surface area contributed by atoms with E-state index in [4.69, 9.17) is 9.47 Å². The fourth-order valence-corrected chi connectivity index (χ4v) is 2.53. The summed E-state index contributed by atoms with van der Waals surface area (Å²) in [7, 11) is 0. The Kier molecular flexibility index (Phi) is 5.99. The fourth-order valence-electron chi connectivity index (χ4n) is 2.53. The van der Waals surface area contributed by atoms with Gasteiger partial charge >= 0.3 is 6.18 Å². The molecule has 3 rings (SSSR count). The number of carbonyl (C=O) groups excluding carboxylic acids is 1. The van der Waals surface area contributed by atoms with Crippen LogP contribution in [0.2, 0.25) is 0 Å². The van der Waals surface area contributed by atoms with Crippen molar-refractivity contribution in [1.82, 2.24) is 0 Å². The second kappa shape index (κ2) is 8.61. The Labute approximate surface area is 160 Å². The van der Waals surface area contributed by atoms with E-state index >= 15 is 0 Å². The van der Waals surface area contributed by atoms with Crippen LogP contribution < -0.4 is 9.47 Å². The van der Waals surface area contributed by atoms with Gasteiger partial charge in [-0.05, 0) is 23.3 Å². The van der Waals surface area contributed by atoms with Gasteiger partial charge in [-0.1, -0.05) is 60.7 Å². The molecule has 0 spiro atoms. The summed E-state index contributed by atoms with van der Waals surface area (Å²) in [6, 6.07) is 22.0. The van der Waals surface area contributed by atoms with E-state index < -0.39 is 17.5 Å². The van der Waals surface area contributed by atoms with Crippen LogP contribution in [0.5, 0.6) is 11.5 Å². The molecule has 0 N–H and O–H groups in total. The molecule has 0 aliphatic carbocycles. The highest BCUT2D eigenvalue weighted by atomic mass is 19.4. The molecule has 0 amide bonds. The Bertz CT molecular complexity index is 923. The number of halogens is 3. The molecule has 0 unspecified atom stereocenters. The van der Waals surface area contributed by atoms with Crippen molar-refractivity contribution in [2.75, 3.05) is 0 Å². The molecule has 3 nitrogen and oxygen atoms in total. The number of hydrogen-bond acceptors (Lipinski definition) is 3. The zero-order chi connectivity index (χ0) is 20.0. The average Bonchev–Trinajstić information content (AvgIpc) is 2.71. The van der Waals surface area contributed by atoms with E-state index in [-0.39, 0.29) is 19.0 Å². The van der Waals surface area contributed by atoms with Gasteiger partial charge in [0.1, 0.15) is 24.7 Å². The van der Waals surface area contributed by atoms with Crippen LogP contribution >= 0.6 is 0 Å². The molecule has 0 saturated heterocycles. The first-order valence-electron chi connectivity index (χ1n) is 8.52. The lowest BCUT2D eigenvalue weighted by Gasteiger charge is -2.14. The van der Waals surface area contributed by atoms with Gasteiger partial charge in [-0.15, -0.1) is 0 Å². The molecule has 6 heteroatoms. The van der Waals surface area contributed by atoms with Crippen LogP contribution in [0, 0.1) is 0 Å². The van der Waals surface area contributed by atoms with Crippen LogP contribution in [-0.4, -0.2) is 12.0 Å². The summed E-state index contributed by atoms with van der Waals surface area (Å²) in [6.07, 6.45) is -4.99. The predicted molar refractivity (Wildman–Crippen MR) is 98.4 cm³/mol. The second-order valence-electron chi connectivity index (χ2n) is 6.03. The number of hydrogen-bond donors (Lipinski definition) is 0. The van der Waals surface area contributed by atoms with E-state index in [1.807, 2.05) is 36.4 Å². The van der Waals surface area contributed by atoms with Crippen LogP contribution in [0.3, 0.4) is 0 Å². The minimum Gasteiger partial charge on any atom is -0.489 e. The summed E-state index contributed by atoms with van der Waals surface area (Å²) in [5.74, 6) is -1.81. The summed E-state index contributed by atoms with van der Waals surface area (Å²) in [6.45, 7) is 0.270. The Morgan fingerprint density at radius 3 is 1.82 bits per heavy atom. The van der Waals surface area contributed by atoms with E-state index in [0.29, 0.717) is 5.75 Å². The lowest BCUT2D eigenvalue weighted by molar-refractivity contribution is -0.0886. The third-order valence-corrected chi connectivity index (χ3v) is 3.94. The van der Waals surface area contributed by atoms with Gasteiger partial charge in [0, 0.05) is 6.07 Å². The Balaban J connectivity index is 1.82. The topological polar surface area (TPSA) is 35.5 Å². The summed E-state index contributed by atoms with van der Waals surface area (Å²) < 4.78 is 49.9. The summed E-state index contributed by atoms with van der Waals surface area (Å²) in [4.78, 5) is 11.7. The maximum atomic E-state index is 12.9. The molecule has 3 aromatic carbocycles. The van der Waals surface area contributed by atoms with E-state index in [1.54, 1.807) is 24.3 Å². The zero-order valence-electron chi connectivity index (χ0n) is 14.8. The number of alkyl halides is 3. The first kappa shape index (κ1) is 19.5. The zero-order valence-corrected chi connectivity index (χ0v) is 14.8. The fraction of sp³-hybridized carbons (Fsp3) is 0.136. The molecule has 0 aliphatic rings. The van der Waals surface area contributed by atoms with Crippen LogP contribution in [0.15, 0.2) is 78.9 Å². The normalized spacial score (nSPS) is 11.1. The van der Waals surface area contributed by atoms with Crippen LogP contribution in [-0.2, 0) is 13.2 Å². The Morgan fingerprint density at radius 1 is 0.750 bits per heavy atom. The second-order valence-corrected chi connectivity index (χ2v) is 6.03. The smallest absolute Gasteiger partial charge is 0.455 e. The molecular weight excluding hydrogens is 369 g/mol. The van der Waals surface area contributed by atoms with Crippen molar-refractivity contribution < 1.29 is 27.4 Å². The molecule has 0 aromatic heterocycles. The molecule has 144 valence electrons. The maximum absolute atomic E-state index is 12.9. The highest BCUT2D eigenvalue weighted by molar-refractivity contribution is 6.02. The molecule has 0 saturated carbocycles. The average molecular weight is 386 g/mol. The lowest BCUT2D eigenvalue weighted by atomic mass is 10.1. The number of benzene rings is 3. The van der Waals surface area contributed by atoms with Crippen molar-refractivity contribution in [3.05, 3.63) is 95.6 Å². The Hall–Kier alpha value is -3.28. The maximum Gasteiger partial charge on any atom is 0.455 e. The summed E-state index contributed by atoms with van der Waals surface area (Å²) in [5, 5.41) is 0. The van der Waals surface area contributed by atoms with Crippen molar-refractivity contribution in [2.24, 2.45) is 0 Å². The van der Waals surface area contributed by atoms with Gasteiger partial charge in [0.25, 0.3) is 5.78 Å². The molecule has 0 bridgehead atoms. The van der Waals surface area contributed by atoms with Crippen molar-refractivity contribution in [3.63, 3.8) is 0 Å². The van der Waals surface area contributed by atoms with Gasteiger partial charge in [-0.3, -0.25) is 4.79 Å². The number of ether oxygens (including phenoxy) is 2. The molecule has 0 heterocycles. The van der Waals surface area contributed by atoms with Gasteiger partial charge in [-0.2, -0.15) is 13.2 Å². The van der Waals surface area contributed by atoms with Crippen molar-refractivity contribution >= 4 is 5.78 Å². The van der Waals surface area contributed by atoms with Crippen LogP contribution in [0.4, 0.5) is 13.2 Å². The summed E-state index contributed by atoms with van der Waals surface area (Å²) in [5.41, 5.74) is 1.13. The minimum absolute atomic E-state index is 0.0289. The largest absolute Gasteiger partial charge is 0.489 e. The number of ketones is 1. The first-order valence-corrected chi connectivity index (χ1v) is 8.52. The molecule has 0 fully saturated rings. The molecular formula is C22H17F3O3. The Morgan fingerprint density at radius 2 is 1.29 bits per heavy atom. The molecule has 0 atom stereocenters. The first-order chi connectivity index (χ1) is 13.4. The van der Waals surface area contributed by atoms with Gasteiger partial charge in [0.15, 0.2) is 0 Å². The lowest BCUT2D eigenvalue weighted by Crippen LogP contribution is -2.23. The number of Topliss-reactive ketones (excluding diaryl/α,β-unsaturated/α-hetero) is 1. The van der Waals surface area contributed by atoms with Gasteiger partial charge in [0.2, 0.25) is 0 Å². The molecule has 3 aromatic rings. The number of rotatable bonds is 7. The quantitative estimate of drug-likeness (QED) is 0.497. The third kappa shape index (κ3) is 5.13. The van der Waals surface area contributed by atoms with Crippen LogP contribution in [0.1, 0.15) is 21.5 Å². The molecule has 0 radical (unpaired) electrons. The monoisotopic (exact) mass is 386 g/mol. The highest BCUT2D eigenvalue weighted by Crippen LogP contribution is 2.31. The van der Waals surface area contributed by atoms with E-state index in [9.17, 15) is 18.0 Å². The highest BCUT2D eigenvalue weighted by Gasteiger charge is 2.41. The predicted octanol–water partition coefficient (Wildman–Crippen LogP) is 5.59. The minimum atomic E-state index is -4.99. The van der Waals surface area contributed by atoms with Gasteiger partial charge in [-0.25, -0.2) is 0 Å². The van der Waals surface area contributed by atoms with E-state index in [0.717, 1.165) is 17.2 Å². The van der Waals surface area contributed by atoms with E-state index in [2.05, 4.69) is 0 Å². The van der Waals surface area contributed by atoms with Crippen molar-refractivity contribution in [3.8, 4) is 11.5 Å². The number of carbonyl (C=O) groups is 1.